The maximum atomic E-state index is 10.9. The standard InChI is InChI=1S/C31H44N8O3/c1-17(2)38(14-23-26(40)27(41)30(42-23)39-16-35-25-28(32)33-15-34-29(25)39)20-11-18(12-20)7-6-8-24-36-21-10-9-19(31(3,4)5)13-22(21)37-24/h9-10,13,15-18,20,23,26-27,30,40-41H,6-8,11-12,14H2,1-5H3,(H,36,37)(H2,32,33,34)/t18-,20-,23-,26-,27-,30-/m1/s1. The molecule has 11 heteroatoms. The first-order chi connectivity index (χ1) is 20.0. The third-order valence-corrected chi connectivity index (χ3v) is 9.16. The van der Waals surface area contributed by atoms with Crippen LogP contribution in [-0.4, -0.2) is 81.5 Å². The third kappa shape index (κ3) is 5.50. The first kappa shape index (κ1) is 29.0. The second kappa shape index (κ2) is 11.2. The molecule has 42 heavy (non-hydrogen) atoms. The minimum absolute atomic E-state index is 0.112. The summed E-state index contributed by atoms with van der Waals surface area (Å²) in [5.41, 5.74) is 10.4. The Morgan fingerprint density at radius 1 is 1.14 bits per heavy atom. The molecule has 3 aromatic heterocycles. The number of aliphatic hydroxyl groups is 2. The van der Waals surface area contributed by atoms with Crippen LogP contribution in [-0.2, 0) is 16.6 Å². The molecule has 0 unspecified atom stereocenters. The summed E-state index contributed by atoms with van der Waals surface area (Å²) in [6, 6.07) is 7.28. The Kier molecular flexibility index (Phi) is 7.71. The Hall–Kier alpha value is -3.12. The number of aryl methyl sites for hydroxylation is 1. The van der Waals surface area contributed by atoms with Crippen LogP contribution in [0.1, 0.15) is 77.9 Å². The number of imidazole rings is 2. The van der Waals surface area contributed by atoms with Crippen molar-refractivity contribution in [3.05, 3.63) is 42.2 Å². The minimum atomic E-state index is -1.11. The van der Waals surface area contributed by atoms with Crippen LogP contribution in [0.2, 0.25) is 0 Å². The number of rotatable bonds is 9. The average molecular weight is 577 g/mol. The van der Waals surface area contributed by atoms with Gasteiger partial charge in [0.05, 0.1) is 17.4 Å². The highest BCUT2D eigenvalue weighted by molar-refractivity contribution is 5.81. The van der Waals surface area contributed by atoms with Gasteiger partial charge in [-0.2, -0.15) is 0 Å². The minimum Gasteiger partial charge on any atom is -0.387 e. The summed E-state index contributed by atoms with van der Waals surface area (Å²) in [5, 5.41) is 21.8. The second-order valence-electron chi connectivity index (χ2n) is 13.5. The zero-order valence-corrected chi connectivity index (χ0v) is 25.2. The zero-order valence-electron chi connectivity index (χ0n) is 25.2. The fourth-order valence-corrected chi connectivity index (χ4v) is 6.56. The average Bonchev–Trinajstić information content (AvgIpc) is 3.60. The van der Waals surface area contributed by atoms with E-state index >= 15 is 0 Å². The van der Waals surface area contributed by atoms with Crippen molar-refractivity contribution in [2.75, 3.05) is 12.3 Å². The van der Waals surface area contributed by atoms with E-state index in [4.69, 9.17) is 15.5 Å². The van der Waals surface area contributed by atoms with Gasteiger partial charge in [-0.3, -0.25) is 9.47 Å². The first-order valence-electron chi connectivity index (χ1n) is 15.2. The molecule has 1 aromatic carbocycles. The second-order valence-corrected chi connectivity index (χ2v) is 13.5. The van der Waals surface area contributed by atoms with Crippen molar-refractivity contribution in [2.24, 2.45) is 5.92 Å². The van der Waals surface area contributed by atoms with Gasteiger partial charge in [-0.25, -0.2) is 19.9 Å². The number of aromatic nitrogens is 6. The molecular formula is C31H44N8O3. The van der Waals surface area contributed by atoms with E-state index in [-0.39, 0.29) is 17.3 Å². The van der Waals surface area contributed by atoms with Crippen LogP contribution < -0.4 is 5.73 Å². The number of nitrogens with two attached hydrogens (primary N) is 1. The van der Waals surface area contributed by atoms with Gasteiger partial charge >= 0.3 is 0 Å². The van der Waals surface area contributed by atoms with Gasteiger partial charge < -0.3 is 25.7 Å². The van der Waals surface area contributed by atoms with Crippen LogP contribution in [0, 0.1) is 5.92 Å². The molecule has 5 N–H and O–H groups in total. The molecule has 2 aliphatic rings. The molecule has 1 aliphatic heterocycles. The Labute approximate surface area is 246 Å². The summed E-state index contributed by atoms with van der Waals surface area (Å²) >= 11 is 0. The molecule has 226 valence electrons. The number of benzene rings is 1. The van der Waals surface area contributed by atoms with E-state index in [0.29, 0.717) is 29.7 Å². The highest BCUT2D eigenvalue weighted by Gasteiger charge is 2.46. The van der Waals surface area contributed by atoms with E-state index in [1.807, 2.05) is 0 Å². The van der Waals surface area contributed by atoms with E-state index < -0.39 is 24.5 Å². The Morgan fingerprint density at radius 2 is 1.93 bits per heavy atom. The fourth-order valence-electron chi connectivity index (χ4n) is 6.56. The summed E-state index contributed by atoms with van der Waals surface area (Å²) in [4.78, 5) is 23.3. The van der Waals surface area contributed by atoms with Gasteiger partial charge in [-0.05, 0) is 68.6 Å². The van der Waals surface area contributed by atoms with Gasteiger partial charge in [0.1, 0.15) is 36.0 Å². The monoisotopic (exact) mass is 576 g/mol. The lowest BCUT2D eigenvalue weighted by Gasteiger charge is -2.46. The fraction of sp³-hybridized carbons (Fsp3) is 0.613. The number of nitrogen functional groups attached to an aromatic ring is 1. The molecule has 6 rings (SSSR count). The molecule has 1 aliphatic carbocycles. The molecular weight excluding hydrogens is 532 g/mol. The SMILES string of the molecule is CC(C)N(C[C@H]1O[C@@H](n2cnc3c(N)ncnc32)[C@H](O)[C@@H]1O)[C@H]1C[C@H](CCCc2nc3cc(C(C)(C)C)ccc3[nH]2)C1. The number of anilines is 1. The number of H-pyrrole nitrogens is 1. The zero-order chi connectivity index (χ0) is 29.8. The summed E-state index contributed by atoms with van der Waals surface area (Å²) in [6.07, 6.45) is 4.93. The molecule has 0 amide bonds. The quantitative estimate of drug-likeness (QED) is 0.234. The molecule has 4 aromatic rings. The molecule has 1 saturated heterocycles. The van der Waals surface area contributed by atoms with Crippen molar-refractivity contribution < 1.29 is 14.9 Å². The Balaban J connectivity index is 1.02. The maximum absolute atomic E-state index is 10.9. The van der Waals surface area contributed by atoms with Gasteiger partial charge in [0.2, 0.25) is 0 Å². The number of hydrogen-bond acceptors (Lipinski definition) is 9. The van der Waals surface area contributed by atoms with Gasteiger partial charge in [-0.1, -0.05) is 26.8 Å². The number of aliphatic hydroxyl groups excluding tert-OH is 2. The highest BCUT2D eigenvalue weighted by Crippen LogP contribution is 2.38. The normalized spacial score (nSPS) is 26.6. The molecule has 4 atom stereocenters. The molecule has 0 radical (unpaired) electrons. The van der Waals surface area contributed by atoms with Crippen molar-refractivity contribution in [3.8, 4) is 0 Å². The Bertz CT molecular complexity index is 1540. The van der Waals surface area contributed by atoms with Crippen molar-refractivity contribution in [1.82, 2.24) is 34.4 Å². The lowest BCUT2D eigenvalue weighted by Crippen LogP contribution is -2.52. The number of nitrogens with one attached hydrogen (secondary N) is 1. The highest BCUT2D eigenvalue weighted by atomic mass is 16.6. The summed E-state index contributed by atoms with van der Waals surface area (Å²) in [6.45, 7) is 11.6. The topological polar surface area (TPSA) is 151 Å². The van der Waals surface area contributed by atoms with Gasteiger partial charge in [0, 0.05) is 25.0 Å². The number of nitrogens with zero attached hydrogens (tertiary/aromatic N) is 6. The van der Waals surface area contributed by atoms with Crippen molar-refractivity contribution >= 4 is 28.0 Å². The van der Waals surface area contributed by atoms with E-state index in [2.05, 4.69) is 77.7 Å². The van der Waals surface area contributed by atoms with Crippen LogP contribution in [0.15, 0.2) is 30.9 Å². The van der Waals surface area contributed by atoms with E-state index in [0.717, 1.165) is 42.5 Å². The van der Waals surface area contributed by atoms with Gasteiger partial charge in [-0.15, -0.1) is 0 Å². The molecule has 11 nitrogen and oxygen atoms in total. The van der Waals surface area contributed by atoms with Crippen molar-refractivity contribution in [1.29, 1.82) is 0 Å². The van der Waals surface area contributed by atoms with Crippen molar-refractivity contribution in [2.45, 2.75) is 109 Å². The third-order valence-electron chi connectivity index (χ3n) is 9.16. The smallest absolute Gasteiger partial charge is 0.167 e. The lowest BCUT2D eigenvalue weighted by molar-refractivity contribution is -0.0621. The number of ether oxygens (including phenoxy) is 1. The molecule has 4 heterocycles. The van der Waals surface area contributed by atoms with E-state index in [1.165, 1.54) is 24.6 Å². The van der Waals surface area contributed by atoms with Crippen LogP contribution >= 0.6 is 0 Å². The van der Waals surface area contributed by atoms with Crippen LogP contribution in [0.5, 0.6) is 0 Å². The summed E-state index contributed by atoms with van der Waals surface area (Å²) in [5.74, 6) is 2.01. The van der Waals surface area contributed by atoms with Crippen molar-refractivity contribution in [3.63, 3.8) is 0 Å². The number of fused-ring (bicyclic) bond motifs is 2. The maximum Gasteiger partial charge on any atom is 0.167 e. The van der Waals surface area contributed by atoms with E-state index in [1.54, 1.807) is 4.57 Å². The van der Waals surface area contributed by atoms with Gasteiger partial charge in [0.25, 0.3) is 0 Å². The largest absolute Gasteiger partial charge is 0.387 e. The van der Waals surface area contributed by atoms with Gasteiger partial charge in [0.15, 0.2) is 17.7 Å². The predicted octanol–water partition coefficient (Wildman–Crippen LogP) is 3.71. The van der Waals surface area contributed by atoms with Crippen LogP contribution in [0.4, 0.5) is 5.82 Å². The molecule has 1 saturated carbocycles. The number of hydrogen-bond donors (Lipinski definition) is 4. The van der Waals surface area contributed by atoms with E-state index in [9.17, 15) is 10.2 Å². The Morgan fingerprint density at radius 3 is 2.67 bits per heavy atom. The first-order valence-corrected chi connectivity index (χ1v) is 15.2. The summed E-state index contributed by atoms with van der Waals surface area (Å²) in [7, 11) is 0. The predicted molar refractivity (Wildman–Crippen MR) is 162 cm³/mol. The van der Waals surface area contributed by atoms with Crippen LogP contribution in [0.3, 0.4) is 0 Å². The lowest BCUT2D eigenvalue weighted by atomic mass is 9.76. The molecule has 0 spiro atoms. The number of aromatic amines is 1. The van der Waals surface area contributed by atoms with Crippen LogP contribution in [0.25, 0.3) is 22.2 Å². The summed E-state index contributed by atoms with van der Waals surface area (Å²) < 4.78 is 7.87. The molecule has 2 fully saturated rings. The molecule has 0 bridgehead atoms.